The Morgan fingerprint density at radius 2 is 1.78 bits per heavy atom. The molecule has 27 heavy (non-hydrogen) atoms. The molecule has 0 saturated carbocycles. The summed E-state index contributed by atoms with van der Waals surface area (Å²) in [5.74, 6) is 0.117. The van der Waals surface area contributed by atoms with Gasteiger partial charge in [-0.2, -0.15) is 13.2 Å². The first kappa shape index (κ1) is 17.9. The molecular weight excluding hydrogens is 377 g/mol. The Kier molecular flexibility index (Phi) is 4.18. The fourth-order valence-corrected chi connectivity index (χ4v) is 4.80. The zero-order valence-electron chi connectivity index (χ0n) is 14.2. The number of imide groups is 1. The van der Waals surface area contributed by atoms with Crippen molar-refractivity contribution in [2.24, 2.45) is 0 Å². The summed E-state index contributed by atoms with van der Waals surface area (Å²) in [6, 6.07) is 10.8. The van der Waals surface area contributed by atoms with Crippen LogP contribution in [-0.4, -0.2) is 28.6 Å². The second-order valence-corrected chi connectivity index (χ2v) is 7.64. The van der Waals surface area contributed by atoms with E-state index in [1.807, 2.05) is 13.0 Å². The molecule has 4 nitrogen and oxygen atoms in total. The Bertz CT molecular complexity index is 914. The molecule has 2 heterocycles. The van der Waals surface area contributed by atoms with Crippen LogP contribution in [0.2, 0.25) is 0 Å². The Morgan fingerprint density at radius 1 is 1.07 bits per heavy atom. The summed E-state index contributed by atoms with van der Waals surface area (Å²) in [4.78, 5) is 28.4. The molecule has 2 atom stereocenters. The number of thioether (sulfide) groups is 1. The van der Waals surface area contributed by atoms with E-state index in [2.05, 4.69) is 0 Å². The molecular formula is C19H15F3N2O2S. The van der Waals surface area contributed by atoms with E-state index in [-0.39, 0.29) is 5.91 Å². The molecule has 0 aromatic heterocycles. The number of hydrogen-bond acceptors (Lipinski definition) is 3. The van der Waals surface area contributed by atoms with Crippen LogP contribution < -0.4 is 4.90 Å². The maximum absolute atomic E-state index is 13.0. The van der Waals surface area contributed by atoms with Gasteiger partial charge in [0.2, 0.25) is 0 Å². The smallest absolute Gasteiger partial charge is 0.295 e. The van der Waals surface area contributed by atoms with Gasteiger partial charge in [0.15, 0.2) is 0 Å². The van der Waals surface area contributed by atoms with Gasteiger partial charge in [0.25, 0.3) is 5.91 Å². The van der Waals surface area contributed by atoms with Crippen LogP contribution in [0.1, 0.15) is 22.1 Å². The molecule has 2 aliphatic rings. The molecule has 2 aromatic rings. The van der Waals surface area contributed by atoms with Gasteiger partial charge in [-0.25, -0.2) is 9.69 Å². The molecule has 2 fully saturated rings. The maximum atomic E-state index is 13.0. The van der Waals surface area contributed by atoms with Crippen molar-refractivity contribution in [1.29, 1.82) is 0 Å². The van der Waals surface area contributed by atoms with Crippen molar-refractivity contribution in [3.8, 4) is 0 Å². The number of halogens is 3. The van der Waals surface area contributed by atoms with Gasteiger partial charge >= 0.3 is 12.2 Å². The number of benzene rings is 2. The van der Waals surface area contributed by atoms with Crippen LogP contribution in [0, 0.1) is 6.92 Å². The Labute approximate surface area is 157 Å². The molecule has 2 aromatic carbocycles. The van der Waals surface area contributed by atoms with Crippen molar-refractivity contribution in [2.75, 3.05) is 10.7 Å². The number of hydrogen-bond donors (Lipinski definition) is 0. The van der Waals surface area contributed by atoms with Crippen molar-refractivity contribution in [2.45, 2.75) is 24.5 Å². The first-order valence-electron chi connectivity index (χ1n) is 8.29. The summed E-state index contributed by atoms with van der Waals surface area (Å²) in [6.07, 6.45) is -4.41. The molecule has 0 N–H and O–H groups in total. The minimum absolute atomic E-state index is 0.299. The largest absolute Gasteiger partial charge is 0.416 e. The topological polar surface area (TPSA) is 40.6 Å². The number of fused-ring (bicyclic) bond motifs is 1. The van der Waals surface area contributed by atoms with Crippen LogP contribution in [0.25, 0.3) is 0 Å². The first-order chi connectivity index (χ1) is 12.8. The second kappa shape index (κ2) is 6.30. The molecule has 8 heteroatoms. The molecule has 0 radical (unpaired) electrons. The third-order valence-corrected chi connectivity index (χ3v) is 6.02. The van der Waals surface area contributed by atoms with E-state index >= 15 is 0 Å². The van der Waals surface area contributed by atoms with E-state index in [1.54, 1.807) is 18.2 Å². The van der Waals surface area contributed by atoms with Crippen LogP contribution in [-0.2, 0) is 11.0 Å². The van der Waals surface area contributed by atoms with Gasteiger partial charge in [0.1, 0.15) is 11.4 Å². The number of anilines is 1. The Balaban J connectivity index is 1.64. The zero-order chi connectivity index (χ0) is 19.3. The fourth-order valence-electron chi connectivity index (χ4n) is 3.39. The number of amides is 3. The lowest BCUT2D eigenvalue weighted by Crippen LogP contribution is -2.33. The monoisotopic (exact) mass is 392 g/mol. The number of rotatable bonds is 2. The zero-order valence-corrected chi connectivity index (χ0v) is 15.1. The SMILES string of the molecule is Cc1cccc(N2C(=O)[C@@H]3CS[C@@H](c4ccc(C(F)(F)F)cc4)N3C2=O)c1. The van der Waals surface area contributed by atoms with Crippen LogP contribution in [0.4, 0.5) is 23.7 Å². The van der Waals surface area contributed by atoms with Crippen molar-refractivity contribution >= 4 is 29.4 Å². The standard InChI is InChI=1S/C19H15F3N2O2S/c1-11-3-2-4-14(9-11)23-16(25)15-10-27-17(24(15)18(23)26)12-5-7-13(8-6-12)19(20,21)22/h2-9,15,17H,10H2,1H3/t15-,17-/m0/s1. The highest BCUT2D eigenvalue weighted by atomic mass is 32.2. The van der Waals surface area contributed by atoms with Gasteiger partial charge in [0, 0.05) is 5.75 Å². The van der Waals surface area contributed by atoms with Crippen molar-refractivity contribution in [3.05, 3.63) is 65.2 Å². The highest BCUT2D eigenvalue weighted by molar-refractivity contribution is 7.99. The average Bonchev–Trinajstić information content (AvgIpc) is 3.15. The molecule has 2 saturated heterocycles. The lowest BCUT2D eigenvalue weighted by Gasteiger charge is -2.23. The minimum Gasteiger partial charge on any atom is -0.295 e. The Hall–Kier alpha value is -2.48. The summed E-state index contributed by atoms with van der Waals surface area (Å²) in [5, 5.41) is -0.483. The van der Waals surface area contributed by atoms with E-state index in [4.69, 9.17) is 0 Å². The van der Waals surface area contributed by atoms with E-state index in [0.717, 1.165) is 22.6 Å². The number of aryl methyl sites for hydroxylation is 1. The minimum atomic E-state index is -4.41. The lowest BCUT2D eigenvalue weighted by atomic mass is 10.1. The van der Waals surface area contributed by atoms with Gasteiger partial charge in [0.05, 0.1) is 11.3 Å². The van der Waals surface area contributed by atoms with Gasteiger partial charge in [-0.3, -0.25) is 9.69 Å². The quantitative estimate of drug-likeness (QED) is 0.702. The normalized spacial score (nSPS) is 22.5. The molecule has 140 valence electrons. The maximum Gasteiger partial charge on any atom is 0.416 e. The van der Waals surface area contributed by atoms with Crippen LogP contribution in [0.15, 0.2) is 48.5 Å². The summed E-state index contributed by atoms with van der Waals surface area (Å²) in [5.41, 5.74) is 1.27. The van der Waals surface area contributed by atoms with Gasteiger partial charge in [-0.1, -0.05) is 24.3 Å². The summed E-state index contributed by atoms with van der Waals surface area (Å²) < 4.78 is 38.3. The summed E-state index contributed by atoms with van der Waals surface area (Å²) in [7, 11) is 0. The third kappa shape index (κ3) is 2.97. The van der Waals surface area contributed by atoms with Gasteiger partial charge in [-0.05, 0) is 42.3 Å². The third-order valence-electron chi connectivity index (χ3n) is 4.70. The molecule has 3 amide bonds. The molecule has 0 unspecified atom stereocenters. The highest BCUT2D eigenvalue weighted by Gasteiger charge is 2.53. The fraction of sp³-hybridized carbons (Fsp3) is 0.263. The van der Waals surface area contributed by atoms with E-state index in [0.29, 0.717) is 17.0 Å². The number of carbonyl (C=O) groups excluding carboxylic acids is 2. The van der Waals surface area contributed by atoms with Crippen molar-refractivity contribution in [3.63, 3.8) is 0 Å². The van der Waals surface area contributed by atoms with Crippen molar-refractivity contribution in [1.82, 2.24) is 4.90 Å². The molecule has 2 aliphatic heterocycles. The highest BCUT2D eigenvalue weighted by Crippen LogP contribution is 2.46. The predicted molar refractivity (Wildman–Crippen MR) is 96.3 cm³/mol. The second-order valence-electron chi connectivity index (χ2n) is 6.52. The molecule has 4 rings (SSSR count). The summed E-state index contributed by atoms with van der Waals surface area (Å²) in [6.45, 7) is 1.87. The van der Waals surface area contributed by atoms with E-state index in [1.165, 1.54) is 28.8 Å². The number of carbonyl (C=O) groups is 2. The first-order valence-corrected chi connectivity index (χ1v) is 9.34. The average molecular weight is 392 g/mol. The molecule has 0 bridgehead atoms. The van der Waals surface area contributed by atoms with Crippen LogP contribution in [0.5, 0.6) is 0 Å². The van der Waals surface area contributed by atoms with Gasteiger partial charge in [-0.15, -0.1) is 11.8 Å². The van der Waals surface area contributed by atoms with Crippen LogP contribution in [0.3, 0.4) is 0 Å². The van der Waals surface area contributed by atoms with E-state index in [9.17, 15) is 22.8 Å². The molecule has 0 aliphatic carbocycles. The lowest BCUT2D eigenvalue weighted by molar-refractivity contribution is -0.137. The number of urea groups is 1. The predicted octanol–water partition coefficient (Wildman–Crippen LogP) is 4.60. The van der Waals surface area contributed by atoms with E-state index < -0.39 is 29.2 Å². The molecule has 0 spiro atoms. The van der Waals surface area contributed by atoms with Crippen LogP contribution >= 0.6 is 11.8 Å². The van der Waals surface area contributed by atoms with Gasteiger partial charge < -0.3 is 0 Å². The van der Waals surface area contributed by atoms with Crippen molar-refractivity contribution < 1.29 is 22.8 Å². The Morgan fingerprint density at radius 3 is 2.41 bits per heavy atom. The number of alkyl halides is 3. The summed E-state index contributed by atoms with van der Waals surface area (Å²) >= 11 is 1.39. The number of nitrogens with zero attached hydrogens (tertiary/aromatic N) is 2.